The maximum Gasteiger partial charge on any atom is 0.317 e. The first-order valence-corrected chi connectivity index (χ1v) is 7.75. The van der Waals surface area contributed by atoms with Gasteiger partial charge in [0.15, 0.2) is 0 Å². The van der Waals surface area contributed by atoms with E-state index in [4.69, 9.17) is 16.3 Å². The van der Waals surface area contributed by atoms with Crippen molar-refractivity contribution < 1.29 is 13.9 Å². The normalized spacial score (nSPS) is 20.5. The van der Waals surface area contributed by atoms with E-state index in [-0.39, 0.29) is 29.2 Å². The molecule has 0 radical (unpaired) electrons. The van der Waals surface area contributed by atoms with Gasteiger partial charge in [0.05, 0.1) is 10.6 Å². The SMILES string of the molecule is CN(C(=O)NCc1cccc(Cl)c1F)[C@@H]1CCOC(C)(C)C1. The lowest BCUT2D eigenvalue weighted by atomic mass is 9.93. The highest BCUT2D eigenvalue weighted by atomic mass is 35.5. The molecule has 1 heterocycles. The first-order chi connectivity index (χ1) is 10.3. The number of benzene rings is 1. The van der Waals surface area contributed by atoms with Gasteiger partial charge in [-0.3, -0.25) is 0 Å². The Labute approximate surface area is 135 Å². The largest absolute Gasteiger partial charge is 0.375 e. The van der Waals surface area contributed by atoms with Gasteiger partial charge in [-0.05, 0) is 32.8 Å². The van der Waals surface area contributed by atoms with Crippen LogP contribution in [0.25, 0.3) is 0 Å². The average molecular weight is 329 g/mol. The summed E-state index contributed by atoms with van der Waals surface area (Å²) < 4.78 is 19.5. The first-order valence-electron chi connectivity index (χ1n) is 7.38. The molecular weight excluding hydrogens is 307 g/mol. The van der Waals surface area contributed by atoms with E-state index in [1.54, 1.807) is 24.1 Å². The van der Waals surface area contributed by atoms with Gasteiger partial charge in [-0.2, -0.15) is 0 Å². The number of carbonyl (C=O) groups is 1. The monoisotopic (exact) mass is 328 g/mol. The van der Waals surface area contributed by atoms with E-state index >= 15 is 0 Å². The summed E-state index contributed by atoms with van der Waals surface area (Å²) in [6.45, 7) is 4.79. The number of nitrogens with one attached hydrogen (secondary N) is 1. The van der Waals surface area contributed by atoms with Crippen LogP contribution in [-0.4, -0.2) is 36.2 Å². The van der Waals surface area contributed by atoms with Crippen molar-refractivity contribution in [1.29, 1.82) is 0 Å². The van der Waals surface area contributed by atoms with Crippen molar-refractivity contribution in [3.63, 3.8) is 0 Å². The van der Waals surface area contributed by atoms with E-state index in [0.717, 1.165) is 12.8 Å². The molecule has 1 aliphatic rings. The molecule has 0 aromatic heterocycles. The highest BCUT2D eigenvalue weighted by Gasteiger charge is 2.32. The minimum atomic E-state index is -0.487. The zero-order valence-corrected chi connectivity index (χ0v) is 13.9. The van der Waals surface area contributed by atoms with Gasteiger partial charge < -0.3 is 15.0 Å². The molecule has 1 fully saturated rings. The summed E-state index contributed by atoms with van der Waals surface area (Å²) in [5, 5.41) is 2.80. The molecule has 1 aromatic rings. The van der Waals surface area contributed by atoms with E-state index in [2.05, 4.69) is 5.32 Å². The number of ether oxygens (including phenoxy) is 1. The van der Waals surface area contributed by atoms with Crippen molar-refractivity contribution in [3.8, 4) is 0 Å². The number of hydrogen-bond acceptors (Lipinski definition) is 2. The summed E-state index contributed by atoms with van der Waals surface area (Å²) in [7, 11) is 1.76. The fourth-order valence-corrected chi connectivity index (χ4v) is 2.87. The molecule has 1 N–H and O–H groups in total. The molecule has 0 saturated carbocycles. The van der Waals surface area contributed by atoms with Crippen molar-refractivity contribution in [1.82, 2.24) is 10.2 Å². The molecule has 122 valence electrons. The second-order valence-electron chi connectivity index (χ2n) is 6.24. The topological polar surface area (TPSA) is 41.6 Å². The summed E-state index contributed by atoms with van der Waals surface area (Å²) in [5.74, 6) is -0.487. The standard InChI is InChI=1S/C16H22ClFN2O2/c1-16(2)9-12(7-8-22-16)20(3)15(21)19-10-11-5-4-6-13(17)14(11)18/h4-6,12H,7-10H2,1-3H3,(H,19,21)/t12-/m1/s1. The predicted molar refractivity (Wildman–Crippen MR) is 84.5 cm³/mol. The Morgan fingerprint density at radius 1 is 1.55 bits per heavy atom. The van der Waals surface area contributed by atoms with E-state index in [1.807, 2.05) is 13.8 Å². The third kappa shape index (κ3) is 4.11. The highest BCUT2D eigenvalue weighted by Crippen LogP contribution is 2.26. The Balaban J connectivity index is 1.93. The molecule has 2 rings (SSSR count). The Morgan fingerprint density at radius 2 is 2.27 bits per heavy atom. The van der Waals surface area contributed by atoms with Crippen LogP contribution in [0.5, 0.6) is 0 Å². The fourth-order valence-electron chi connectivity index (χ4n) is 2.68. The van der Waals surface area contributed by atoms with Gasteiger partial charge in [-0.25, -0.2) is 9.18 Å². The van der Waals surface area contributed by atoms with Gasteiger partial charge in [0.2, 0.25) is 0 Å². The Kier molecular flexibility index (Phi) is 5.29. The zero-order chi connectivity index (χ0) is 16.3. The molecule has 0 aliphatic carbocycles. The van der Waals surface area contributed by atoms with Crippen molar-refractivity contribution in [2.75, 3.05) is 13.7 Å². The summed E-state index contributed by atoms with van der Waals surface area (Å²) >= 11 is 5.73. The van der Waals surface area contributed by atoms with Gasteiger partial charge in [0, 0.05) is 31.8 Å². The summed E-state index contributed by atoms with van der Waals surface area (Å²) in [4.78, 5) is 13.9. The second-order valence-corrected chi connectivity index (χ2v) is 6.64. The molecule has 6 heteroatoms. The van der Waals surface area contributed by atoms with Gasteiger partial charge in [0.25, 0.3) is 0 Å². The van der Waals surface area contributed by atoms with E-state index in [1.165, 1.54) is 6.07 Å². The molecule has 2 amide bonds. The third-order valence-electron chi connectivity index (χ3n) is 4.00. The van der Waals surface area contributed by atoms with Crippen LogP contribution in [0.1, 0.15) is 32.3 Å². The lowest BCUT2D eigenvalue weighted by Gasteiger charge is -2.39. The second kappa shape index (κ2) is 6.84. The lowest BCUT2D eigenvalue weighted by Crippen LogP contribution is -2.49. The number of urea groups is 1. The molecule has 0 spiro atoms. The average Bonchev–Trinajstić information content (AvgIpc) is 2.46. The van der Waals surface area contributed by atoms with Crippen LogP contribution in [0.15, 0.2) is 18.2 Å². The van der Waals surface area contributed by atoms with E-state index in [0.29, 0.717) is 12.2 Å². The molecule has 0 unspecified atom stereocenters. The molecular formula is C16H22ClFN2O2. The van der Waals surface area contributed by atoms with Gasteiger partial charge >= 0.3 is 6.03 Å². The minimum Gasteiger partial charge on any atom is -0.375 e. The van der Waals surface area contributed by atoms with Crippen molar-refractivity contribution in [3.05, 3.63) is 34.6 Å². The molecule has 1 aromatic carbocycles. The van der Waals surface area contributed by atoms with Crippen molar-refractivity contribution >= 4 is 17.6 Å². The van der Waals surface area contributed by atoms with Crippen LogP contribution in [0.3, 0.4) is 0 Å². The van der Waals surface area contributed by atoms with Gasteiger partial charge in [-0.1, -0.05) is 23.7 Å². The Morgan fingerprint density at radius 3 is 2.95 bits per heavy atom. The minimum absolute atomic E-state index is 0.0614. The van der Waals surface area contributed by atoms with Gasteiger partial charge in [-0.15, -0.1) is 0 Å². The highest BCUT2D eigenvalue weighted by molar-refractivity contribution is 6.30. The first kappa shape index (κ1) is 17.0. The maximum atomic E-state index is 13.8. The summed E-state index contributed by atoms with van der Waals surface area (Å²) in [5.41, 5.74) is 0.151. The molecule has 0 bridgehead atoms. The quantitative estimate of drug-likeness (QED) is 0.921. The summed E-state index contributed by atoms with van der Waals surface area (Å²) in [6.07, 6.45) is 1.58. The summed E-state index contributed by atoms with van der Waals surface area (Å²) in [6, 6.07) is 4.66. The molecule has 1 atom stereocenters. The van der Waals surface area contributed by atoms with Crippen LogP contribution in [0.4, 0.5) is 9.18 Å². The zero-order valence-electron chi connectivity index (χ0n) is 13.2. The molecule has 1 saturated heterocycles. The molecule has 4 nitrogen and oxygen atoms in total. The van der Waals surface area contributed by atoms with Crippen molar-refractivity contribution in [2.45, 2.75) is 44.9 Å². The number of halogens is 2. The number of rotatable bonds is 3. The number of hydrogen-bond donors (Lipinski definition) is 1. The molecule has 22 heavy (non-hydrogen) atoms. The number of amides is 2. The Bertz CT molecular complexity index is 551. The van der Waals surface area contributed by atoms with E-state index < -0.39 is 5.82 Å². The lowest BCUT2D eigenvalue weighted by molar-refractivity contribution is -0.0744. The number of nitrogens with zero attached hydrogens (tertiary/aromatic N) is 1. The Hall–Kier alpha value is -1.33. The fraction of sp³-hybridized carbons (Fsp3) is 0.562. The third-order valence-corrected chi connectivity index (χ3v) is 4.29. The molecule has 1 aliphatic heterocycles. The van der Waals surface area contributed by atoms with Crippen LogP contribution in [0, 0.1) is 5.82 Å². The van der Waals surface area contributed by atoms with Gasteiger partial charge in [0.1, 0.15) is 5.82 Å². The van der Waals surface area contributed by atoms with Crippen LogP contribution >= 0.6 is 11.6 Å². The van der Waals surface area contributed by atoms with E-state index in [9.17, 15) is 9.18 Å². The predicted octanol–water partition coefficient (Wildman–Crippen LogP) is 3.58. The maximum absolute atomic E-state index is 13.8. The van der Waals surface area contributed by atoms with Crippen molar-refractivity contribution in [2.24, 2.45) is 0 Å². The smallest absolute Gasteiger partial charge is 0.317 e. The van der Waals surface area contributed by atoms with Crippen LogP contribution in [0.2, 0.25) is 5.02 Å². The van der Waals surface area contributed by atoms with Crippen LogP contribution in [-0.2, 0) is 11.3 Å². The number of carbonyl (C=O) groups excluding carboxylic acids is 1. The van der Waals surface area contributed by atoms with Crippen LogP contribution < -0.4 is 5.32 Å².